The van der Waals surface area contributed by atoms with Crippen LogP contribution in [0.15, 0.2) is 42.5 Å². The molecule has 0 unspecified atom stereocenters. The molecule has 19 heavy (non-hydrogen) atoms. The first kappa shape index (κ1) is 13.6. The van der Waals surface area contributed by atoms with Crippen LogP contribution in [-0.2, 0) is 0 Å². The maximum Gasteiger partial charge on any atom is 0.119 e. The highest BCUT2D eigenvalue weighted by atomic mass is 16.5. The van der Waals surface area contributed by atoms with Gasteiger partial charge in [-0.05, 0) is 47.5 Å². The van der Waals surface area contributed by atoms with Crippen LogP contribution in [0.5, 0.6) is 5.75 Å². The maximum atomic E-state index is 5.23. The Morgan fingerprint density at radius 2 is 1.89 bits per heavy atom. The van der Waals surface area contributed by atoms with Crippen molar-refractivity contribution < 1.29 is 4.74 Å². The van der Waals surface area contributed by atoms with Crippen LogP contribution >= 0.6 is 0 Å². The van der Waals surface area contributed by atoms with E-state index in [0.717, 1.165) is 18.8 Å². The number of rotatable bonds is 6. The molecule has 0 bridgehead atoms. The second kappa shape index (κ2) is 6.95. The molecule has 0 aromatic heterocycles. The summed E-state index contributed by atoms with van der Waals surface area (Å²) in [7, 11) is 1.70. The van der Waals surface area contributed by atoms with E-state index in [1.54, 1.807) is 7.11 Å². The van der Waals surface area contributed by atoms with Crippen molar-refractivity contribution in [1.29, 1.82) is 0 Å². The summed E-state index contributed by atoms with van der Waals surface area (Å²) in [5, 5.41) is 5.80. The molecular weight excluding hydrogens is 234 g/mol. The van der Waals surface area contributed by atoms with Crippen molar-refractivity contribution in [2.75, 3.05) is 20.2 Å². The predicted octanol–water partition coefficient (Wildman–Crippen LogP) is 3.86. The fraction of sp³-hybridized carbons (Fsp3) is 0.294. The van der Waals surface area contributed by atoms with Gasteiger partial charge in [-0.15, -0.1) is 0 Å². The number of nitrogens with one attached hydrogen (secondary N) is 1. The monoisotopic (exact) mass is 255 g/mol. The van der Waals surface area contributed by atoms with Gasteiger partial charge in [0.2, 0.25) is 0 Å². The van der Waals surface area contributed by atoms with E-state index in [9.17, 15) is 0 Å². The Kier molecular flexibility index (Phi) is 4.99. The smallest absolute Gasteiger partial charge is 0.119 e. The molecule has 1 N–H and O–H groups in total. The third-order valence-corrected chi connectivity index (χ3v) is 3.07. The van der Waals surface area contributed by atoms with Gasteiger partial charge in [-0.2, -0.15) is 0 Å². The predicted molar refractivity (Wildman–Crippen MR) is 82.7 cm³/mol. The minimum Gasteiger partial charge on any atom is -0.497 e. The number of fused-ring (bicyclic) bond motifs is 1. The Bertz CT molecular complexity index is 560. The highest BCUT2D eigenvalue weighted by Crippen LogP contribution is 2.22. The Balaban J connectivity index is 2.09. The van der Waals surface area contributed by atoms with E-state index in [4.69, 9.17) is 4.74 Å². The molecule has 2 aromatic carbocycles. The van der Waals surface area contributed by atoms with Gasteiger partial charge in [-0.1, -0.05) is 37.3 Å². The number of hydrogen-bond acceptors (Lipinski definition) is 2. The highest BCUT2D eigenvalue weighted by Gasteiger charge is 1.97. The second-order valence-corrected chi connectivity index (χ2v) is 4.58. The molecule has 0 amide bonds. The number of ether oxygens (including phenoxy) is 1. The Labute approximate surface area is 115 Å². The molecule has 2 nitrogen and oxygen atoms in total. The Hall–Kier alpha value is -1.80. The molecule has 0 aliphatic heterocycles. The van der Waals surface area contributed by atoms with E-state index in [1.807, 2.05) is 6.07 Å². The summed E-state index contributed by atoms with van der Waals surface area (Å²) < 4.78 is 5.23. The van der Waals surface area contributed by atoms with Crippen molar-refractivity contribution in [2.45, 2.75) is 13.3 Å². The molecule has 0 aliphatic carbocycles. The quantitative estimate of drug-likeness (QED) is 0.791. The third kappa shape index (κ3) is 3.83. The Morgan fingerprint density at radius 1 is 1.11 bits per heavy atom. The van der Waals surface area contributed by atoms with Crippen LogP contribution in [0.25, 0.3) is 16.8 Å². The van der Waals surface area contributed by atoms with Crippen molar-refractivity contribution >= 4 is 16.8 Å². The molecule has 0 saturated heterocycles. The van der Waals surface area contributed by atoms with E-state index < -0.39 is 0 Å². The minimum absolute atomic E-state index is 0.902. The average Bonchev–Trinajstić information content (AvgIpc) is 2.46. The number of benzene rings is 2. The van der Waals surface area contributed by atoms with Crippen LogP contribution in [0, 0.1) is 0 Å². The molecule has 2 heteroatoms. The second-order valence-electron chi connectivity index (χ2n) is 4.58. The topological polar surface area (TPSA) is 21.3 Å². The van der Waals surface area contributed by atoms with Crippen LogP contribution in [0.2, 0.25) is 0 Å². The van der Waals surface area contributed by atoms with Crippen molar-refractivity contribution in [3.05, 3.63) is 48.0 Å². The minimum atomic E-state index is 0.902. The van der Waals surface area contributed by atoms with E-state index >= 15 is 0 Å². The summed E-state index contributed by atoms with van der Waals surface area (Å²) in [6.45, 7) is 4.17. The summed E-state index contributed by atoms with van der Waals surface area (Å²) in [5.74, 6) is 0.902. The van der Waals surface area contributed by atoms with Gasteiger partial charge in [0.05, 0.1) is 7.11 Å². The molecule has 0 radical (unpaired) electrons. The van der Waals surface area contributed by atoms with Gasteiger partial charge in [0, 0.05) is 6.54 Å². The normalized spacial score (nSPS) is 11.3. The van der Waals surface area contributed by atoms with Crippen molar-refractivity contribution in [1.82, 2.24) is 5.32 Å². The van der Waals surface area contributed by atoms with Crippen LogP contribution in [-0.4, -0.2) is 20.2 Å². The molecule has 100 valence electrons. The first-order chi connectivity index (χ1) is 9.33. The summed E-state index contributed by atoms with van der Waals surface area (Å²) in [6.07, 6.45) is 5.50. The molecule has 2 rings (SSSR count). The van der Waals surface area contributed by atoms with Crippen LogP contribution < -0.4 is 10.1 Å². The van der Waals surface area contributed by atoms with Gasteiger partial charge >= 0.3 is 0 Å². The van der Waals surface area contributed by atoms with E-state index in [0.29, 0.717) is 0 Å². The van der Waals surface area contributed by atoms with Crippen LogP contribution in [0.3, 0.4) is 0 Å². The van der Waals surface area contributed by atoms with Gasteiger partial charge in [0.25, 0.3) is 0 Å². The average molecular weight is 255 g/mol. The molecule has 2 aromatic rings. The summed E-state index contributed by atoms with van der Waals surface area (Å²) in [4.78, 5) is 0. The molecule has 0 aliphatic rings. The zero-order valence-corrected chi connectivity index (χ0v) is 11.6. The zero-order valence-electron chi connectivity index (χ0n) is 11.6. The first-order valence-corrected chi connectivity index (χ1v) is 6.78. The molecule has 0 fully saturated rings. The van der Waals surface area contributed by atoms with Crippen molar-refractivity contribution in [3.8, 4) is 5.75 Å². The van der Waals surface area contributed by atoms with E-state index in [-0.39, 0.29) is 0 Å². The molecule has 0 heterocycles. The van der Waals surface area contributed by atoms with Gasteiger partial charge in [-0.3, -0.25) is 0 Å². The summed E-state index contributed by atoms with van der Waals surface area (Å²) in [5.41, 5.74) is 1.23. The highest BCUT2D eigenvalue weighted by molar-refractivity contribution is 5.86. The lowest BCUT2D eigenvalue weighted by Gasteiger charge is -2.03. The summed E-state index contributed by atoms with van der Waals surface area (Å²) >= 11 is 0. The standard InChI is InChI=1S/C17H21NO/c1-3-10-18-11-4-5-14-6-7-16-13-17(19-2)9-8-15(16)12-14/h4-9,12-13,18H,3,10-11H2,1-2H3. The Morgan fingerprint density at radius 3 is 2.68 bits per heavy atom. The van der Waals surface area contributed by atoms with E-state index in [2.05, 4.69) is 54.7 Å². The zero-order chi connectivity index (χ0) is 13.5. The van der Waals surface area contributed by atoms with Gasteiger partial charge in [-0.25, -0.2) is 0 Å². The van der Waals surface area contributed by atoms with E-state index in [1.165, 1.54) is 22.8 Å². The molecular formula is C17H21NO. The van der Waals surface area contributed by atoms with Gasteiger partial charge < -0.3 is 10.1 Å². The fourth-order valence-corrected chi connectivity index (χ4v) is 2.03. The largest absolute Gasteiger partial charge is 0.497 e. The lowest BCUT2D eigenvalue weighted by Crippen LogP contribution is -2.13. The summed E-state index contributed by atoms with van der Waals surface area (Å²) in [6, 6.07) is 12.6. The lowest BCUT2D eigenvalue weighted by molar-refractivity contribution is 0.415. The first-order valence-electron chi connectivity index (χ1n) is 6.78. The molecule has 0 atom stereocenters. The third-order valence-electron chi connectivity index (χ3n) is 3.07. The SMILES string of the molecule is CCCNCC=Cc1ccc2cc(OC)ccc2c1. The molecule has 0 saturated carbocycles. The number of hydrogen-bond donors (Lipinski definition) is 1. The number of methoxy groups -OCH3 is 1. The molecule has 0 spiro atoms. The van der Waals surface area contributed by atoms with Crippen LogP contribution in [0.4, 0.5) is 0 Å². The van der Waals surface area contributed by atoms with Crippen molar-refractivity contribution in [3.63, 3.8) is 0 Å². The van der Waals surface area contributed by atoms with Crippen LogP contribution in [0.1, 0.15) is 18.9 Å². The van der Waals surface area contributed by atoms with Gasteiger partial charge in [0.15, 0.2) is 0 Å². The lowest BCUT2D eigenvalue weighted by atomic mass is 10.1. The van der Waals surface area contributed by atoms with Gasteiger partial charge in [0.1, 0.15) is 5.75 Å². The van der Waals surface area contributed by atoms with Crippen molar-refractivity contribution in [2.24, 2.45) is 0 Å². The maximum absolute atomic E-state index is 5.23. The fourth-order valence-electron chi connectivity index (χ4n) is 2.03.